The Bertz CT molecular complexity index is 546. The van der Waals surface area contributed by atoms with Gasteiger partial charge in [-0.25, -0.2) is 0 Å². The fourth-order valence-electron chi connectivity index (χ4n) is 1.86. The van der Waals surface area contributed by atoms with Gasteiger partial charge in [-0.1, -0.05) is 38.1 Å². The third-order valence-corrected chi connectivity index (χ3v) is 3.06. The van der Waals surface area contributed by atoms with Gasteiger partial charge in [-0.05, 0) is 0 Å². The molecule has 1 aromatic carbocycles. The number of nitriles is 1. The van der Waals surface area contributed by atoms with E-state index in [4.69, 9.17) is 5.26 Å². The van der Waals surface area contributed by atoms with Crippen LogP contribution in [-0.2, 0) is 4.79 Å². The van der Waals surface area contributed by atoms with E-state index < -0.39 is 17.2 Å². The average Bonchev–Trinajstić information content (AvgIpc) is 2.35. The number of benzene rings is 1. The maximum absolute atomic E-state index is 12.2. The number of nitrogens with zero attached hydrogens (tertiary/aromatic N) is 2. The Kier molecular flexibility index (Phi) is 5.01. The summed E-state index contributed by atoms with van der Waals surface area (Å²) in [5.74, 6) is -1.74. The maximum atomic E-state index is 12.2. The molecule has 0 bridgehead atoms. The van der Waals surface area contributed by atoms with Crippen LogP contribution in [0, 0.1) is 22.7 Å². The summed E-state index contributed by atoms with van der Waals surface area (Å²) >= 11 is 0. The van der Waals surface area contributed by atoms with Gasteiger partial charge < -0.3 is 10.1 Å². The topological polar surface area (TPSA) is 72.0 Å². The van der Waals surface area contributed by atoms with Gasteiger partial charge in [0.05, 0.1) is 12.0 Å². The van der Waals surface area contributed by atoms with E-state index in [0.29, 0.717) is 11.3 Å². The number of fused-ring (bicyclic) bond motifs is 1. The van der Waals surface area contributed by atoms with Gasteiger partial charge >= 0.3 is 58.2 Å². The SMILES string of the molecule is CC1(C)C(=O)[N-]c2ccccc2C(=O)C1C#N.[Rb+]. The Morgan fingerprint density at radius 3 is 2.50 bits per heavy atom. The molecule has 18 heavy (non-hydrogen) atoms. The first-order chi connectivity index (χ1) is 7.98. The molecule has 0 radical (unpaired) electrons. The molecule has 0 N–H and O–H groups in total. The van der Waals surface area contributed by atoms with Crippen LogP contribution < -0.4 is 58.2 Å². The molecular formula is C13H11N2O2Rb. The van der Waals surface area contributed by atoms with Crippen LogP contribution in [0.2, 0.25) is 0 Å². The summed E-state index contributed by atoms with van der Waals surface area (Å²) in [6.07, 6.45) is 0. The molecule has 1 aliphatic rings. The van der Waals surface area contributed by atoms with Crippen molar-refractivity contribution in [3.05, 3.63) is 35.1 Å². The Hall–Kier alpha value is -0.345. The summed E-state index contributed by atoms with van der Waals surface area (Å²) in [6.45, 7) is 3.16. The minimum atomic E-state index is -1.08. The second kappa shape index (κ2) is 5.75. The van der Waals surface area contributed by atoms with Gasteiger partial charge in [0.1, 0.15) is 5.92 Å². The summed E-state index contributed by atoms with van der Waals surface area (Å²) in [7, 11) is 0. The van der Waals surface area contributed by atoms with Gasteiger partial charge in [0.15, 0.2) is 5.78 Å². The molecule has 1 unspecified atom stereocenters. The zero-order valence-electron chi connectivity index (χ0n) is 10.6. The van der Waals surface area contributed by atoms with Crippen molar-refractivity contribution in [2.24, 2.45) is 11.3 Å². The second-order valence-corrected chi connectivity index (χ2v) is 4.58. The van der Waals surface area contributed by atoms with E-state index in [2.05, 4.69) is 5.32 Å². The number of amides is 1. The maximum Gasteiger partial charge on any atom is 1.00 e. The number of rotatable bonds is 0. The Morgan fingerprint density at radius 1 is 1.28 bits per heavy atom. The van der Waals surface area contributed by atoms with Gasteiger partial charge in [-0.3, -0.25) is 4.79 Å². The Labute approximate surface area is 155 Å². The number of ketones is 1. The molecule has 0 saturated carbocycles. The monoisotopic (exact) mass is 312 g/mol. The van der Waals surface area contributed by atoms with E-state index >= 15 is 0 Å². The molecule has 0 saturated heterocycles. The molecule has 4 nitrogen and oxygen atoms in total. The van der Waals surface area contributed by atoms with Gasteiger partial charge in [0.2, 0.25) is 0 Å². The summed E-state index contributed by atoms with van der Waals surface area (Å²) in [4.78, 5) is 24.1. The summed E-state index contributed by atoms with van der Waals surface area (Å²) < 4.78 is 0. The van der Waals surface area contributed by atoms with Crippen LogP contribution in [0.15, 0.2) is 24.3 Å². The standard InChI is InChI=1S/C13H12N2O2.Rb/c1-13(2)9(7-14)11(16)8-5-3-4-6-10(8)15-12(13)17;/h3-6,9H,1-2H3,(H,15,16,17);/q;+1/p-1. The van der Waals surface area contributed by atoms with E-state index in [1.165, 1.54) is 0 Å². The van der Waals surface area contributed by atoms with Crippen LogP contribution in [0.1, 0.15) is 24.2 Å². The molecule has 0 fully saturated rings. The van der Waals surface area contributed by atoms with Crippen molar-refractivity contribution in [1.82, 2.24) is 0 Å². The minimum absolute atomic E-state index is 0. The number of hydrogen-bond acceptors (Lipinski definition) is 3. The normalized spacial score (nSPS) is 20.8. The minimum Gasteiger partial charge on any atom is -0.626 e. The molecular weight excluding hydrogens is 302 g/mol. The van der Waals surface area contributed by atoms with Crippen LogP contribution >= 0.6 is 0 Å². The van der Waals surface area contributed by atoms with Crippen LogP contribution in [0.3, 0.4) is 0 Å². The zero-order valence-corrected chi connectivity index (χ0v) is 15.5. The van der Waals surface area contributed by atoms with Gasteiger partial charge in [-0.15, -0.1) is 5.69 Å². The first kappa shape index (κ1) is 15.7. The Morgan fingerprint density at radius 2 is 1.89 bits per heavy atom. The van der Waals surface area contributed by atoms with Crippen molar-refractivity contribution in [1.29, 1.82) is 5.26 Å². The number of carbonyl (C=O) groups is 2. The van der Waals surface area contributed by atoms with Crippen LogP contribution in [0.5, 0.6) is 0 Å². The second-order valence-electron chi connectivity index (χ2n) is 4.58. The number of para-hydroxylation sites is 1. The van der Waals surface area contributed by atoms with Crippen molar-refractivity contribution >= 4 is 17.4 Å². The quantitative estimate of drug-likeness (QED) is 0.653. The average molecular weight is 313 g/mol. The summed E-state index contributed by atoms with van der Waals surface area (Å²) in [5, 5.41) is 13.0. The number of Topliss-reactive ketones (excluding diaryl/α,β-unsaturated/α-hetero) is 1. The van der Waals surface area contributed by atoms with E-state index in [0.717, 1.165) is 0 Å². The number of carbonyl (C=O) groups excluding carboxylic acids is 2. The van der Waals surface area contributed by atoms with Crippen molar-refractivity contribution in [2.45, 2.75) is 13.8 Å². The third-order valence-electron chi connectivity index (χ3n) is 3.06. The smallest absolute Gasteiger partial charge is 0.626 e. The summed E-state index contributed by atoms with van der Waals surface area (Å²) in [6, 6.07) is 8.54. The Balaban J connectivity index is 0.00000162. The van der Waals surface area contributed by atoms with Crippen LogP contribution in [0.25, 0.3) is 5.32 Å². The van der Waals surface area contributed by atoms with Crippen LogP contribution in [0.4, 0.5) is 5.69 Å². The van der Waals surface area contributed by atoms with Crippen molar-refractivity contribution in [2.75, 3.05) is 0 Å². The molecule has 0 aromatic heterocycles. The van der Waals surface area contributed by atoms with Crippen molar-refractivity contribution in [3.63, 3.8) is 0 Å². The molecule has 1 aliphatic heterocycles. The zero-order chi connectivity index (χ0) is 12.6. The first-order valence-electron chi connectivity index (χ1n) is 5.27. The van der Waals surface area contributed by atoms with Crippen molar-refractivity contribution in [3.8, 4) is 6.07 Å². The molecule has 1 aromatic rings. The van der Waals surface area contributed by atoms with E-state index in [1.54, 1.807) is 38.1 Å². The fraction of sp³-hybridized carbons (Fsp3) is 0.308. The number of hydrogen-bond donors (Lipinski definition) is 0. The first-order valence-corrected chi connectivity index (χ1v) is 5.27. The third kappa shape index (κ3) is 2.50. The summed E-state index contributed by atoms with van der Waals surface area (Å²) in [5.41, 5.74) is -0.378. The molecule has 5 heteroatoms. The molecule has 0 aliphatic carbocycles. The fourth-order valence-corrected chi connectivity index (χ4v) is 1.86. The van der Waals surface area contributed by atoms with E-state index in [-0.39, 0.29) is 64.0 Å². The van der Waals surface area contributed by atoms with E-state index in [1.807, 2.05) is 6.07 Å². The van der Waals surface area contributed by atoms with Crippen molar-refractivity contribution < 1.29 is 67.8 Å². The van der Waals surface area contributed by atoms with Gasteiger partial charge in [-0.2, -0.15) is 5.26 Å². The molecule has 1 amide bonds. The predicted molar refractivity (Wildman–Crippen MR) is 61.7 cm³/mol. The molecule has 86 valence electrons. The van der Waals surface area contributed by atoms with Gasteiger partial charge in [0.25, 0.3) is 0 Å². The van der Waals surface area contributed by atoms with E-state index in [9.17, 15) is 9.59 Å². The molecule has 1 atom stereocenters. The molecule has 2 rings (SSSR count). The molecule has 1 heterocycles. The largest absolute Gasteiger partial charge is 1.00 e. The van der Waals surface area contributed by atoms with Gasteiger partial charge in [0, 0.05) is 11.0 Å². The molecule has 0 spiro atoms. The predicted octanol–water partition coefficient (Wildman–Crippen LogP) is -0.415. The van der Waals surface area contributed by atoms with Crippen LogP contribution in [-0.4, -0.2) is 11.7 Å².